The van der Waals surface area contributed by atoms with Crippen molar-refractivity contribution in [2.24, 2.45) is 0 Å². The van der Waals surface area contributed by atoms with E-state index in [9.17, 15) is 4.79 Å². The van der Waals surface area contributed by atoms with Gasteiger partial charge >= 0.3 is 5.97 Å². The van der Waals surface area contributed by atoms with Crippen molar-refractivity contribution in [2.45, 2.75) is 45.1 Å². The molecule has 0 amide bonds. The number of unbranched alkanes of at least 4 members (excludes halogenated alkanes) is 3. The van der Waals surface area contributed by atoms with Crippen LogP contribution in [0.2, 0.25) is 5.02 Å². The Kier molecular flexibility index (Phi) is 7.91. The van der Waals surface area contributed by atoms with Crippen LogP contribution in [0.5, 0.6) is 0 Å². The van der Waals surface area contributed by atoms with Crippen molar-refractivity contribution >= 4 is 23.3 Å². The second-order valence-corrected chi connectivity index (χ2v) is 5.60. The molecule has 0 aliphatic rings. The third-order valence-electron chi connectivity index (χ3n) is 3.27. The van der Waals surface area contributed by atoms with Gasteiger partial charge in [-0.2, -0.15) is 0 Å². The molecule has 116 valence electrons. The number of nitrogens with one attached hydrogen (secondary N) is 1. The minimum Gasteiger partial charge on any atom is -0.467 e. The Labute approximate surface area is 132 Å². The molecule has 0 bridgehead atoms. The lowest BCUT2D eigenvalue weighted by Gasteiger charge is -2.18. The number of ether oxygens (including phenoxy) is 1. The minimum atomic E-state index is -0.336. The van der Waals surface area contributed by atoms with Crippen molar-refractivity contribution < 1.29 is 9.53 Å². The number of allylic oxidation sites excluding steroid dienone is 1. The van der Waals surface area contributed by atoms with Crippen molar-refractivity contribution in [3.05, 3.63) is 41.4 Å². The molecule has 21 heavy (non-hydrogen) atoms. The summed E-state index contributed by atoms with van der Waals surface area (Å²) < 4.78 is 4.87. The molecular formula is C17H24ClNO2. The molecule has 4 heteroatoms. The van der Waals surface area contributed by atoms with Crippen LogP contribution in [0, 0.1) is 6.92 Å². The molecule has 0 aromatic heterocycles. The van der Waals surface area contributed by atoms with Crippen LogP contribution in [-0.4, -0.2) is 19.1 Å². The zero-order valence-electron chi connectivity index (χ0n) is 12.8. The third-order valence-corrected chi connectivity index (χ3v) is 3.49. The standard InChI is InChI=1S/C17H24ClNO2/c1-4-5-6-7-8-9-16(17(20)21-3)19-15-11-13(2)10-14(18)12-15/h4,10-12,16,19H,1,5-9H2,2-3H3/t16-/m0/s1. The van der Waals surface area contributed by atoms with Crippen molar-refractivity contribution in [2.75, 3.05) is 12.4 Å². The van der Waals surface area contributed by atoms with Gasteiger partial charge in [0.2, 0.25) is 0 Å². The number of carbonyl (C=O) groups is 1. The van der Waals surface area contributed by atoms with E-state index in [0.29, 0.717) is 5.02 Å². The molecule has 1 aromatic rings. The number of halogens is 1. The van der Waals surface area contributed by atoms with E-state index in [1.165, 1.54) is 7.11 Å². The molecule has 1 N–H and O–H groups in total. The van der Waals surface area contributed by atoms with Crippen molar-refractivity contribution in [3.8, 4) is 0 Å². The Hall–Kier alpha value is -1.48. The van der Waals surface area contributed by atoms with Gasteiger partial charge in [0.25, 0.3) is 0 Å². The Morgan fingerprint density at radius 3 is 2.76 bits per heavy atom. The lowest BCUT2D eigenvalue weighted by Crippen LogP contribution is -2.30. The van der Waals surface area contributed by atoms with Crippen molar-refractivity contribution in [1.82, 2.24) is 0 Å². The Morgan fingerprint density at radius 1 is 1.38 bits per heavy atom. The molecule has 1 aromatic carbocycles. The molecule has 0 spiro atoms. The van der Waals surface area contributed by atoms with Gasteiger partial charge in [0, 0.05) is 10.7 Å². The monoisotopic (exact) mass is 309 g/mol. The fourth-order valence-electron chi connectivity index (χ4n) is 2.23. The predicted molar refractivity (Wildman–Crippen MR) is 88.9 cm³/mol. The molecule has 1 atom stereocenters. The fraction of sp³-hybridized carbons (Fsp3) is 0.471. The number of benzene rings is 1. The molecule has 0 aliphatic carbocycles. The first kappa shape index (κ1) is 17.6. The van der Waals surface area contributed by atoms with Gasteiger partial charge in [0.05, 0.1) is 7.11 Å². The van der Waals surface area contributed by atoms with Gasteiger partial charge in [0.1, 0.15) is 6.04 Å². The van der Waals surface area contributed by atoms with Crippen LogP contribution in [0.1, 0.15) is 37.7 Å². The van der Waals surface area contributed by atoms with E-state index in [4.69, 9.17) is 16.3 Å². The second kappa shape index (κ2) is 9.46. The van der Waals surface area contributed by atoms with E-state index in [1.54, 1.807) is 0 Å². The van der Waals surface area contributed by atoms with Crippen molar-refractivity contribution in [1.29, 1.82) is 0 Å². The zero-order chi connectivity index (χ0) is 15.7. The summed E-state index contributed by atoms with van der Waals surface area (Å²) in [6.07, 6.45) is 6.84. The fourth-order valence-corrected chi connectivity index (χ4v) is 2.52. The van der Waals surface area contributed by atoms with Gasteiger partial charge in [-0.1, -0.05) is 30.5 Å². The molecule has 0 heterocycles. The van der Waals surface area contributed by atoms with E-state index in [-0.39, 0.29) is 12.0 Å². The average molecular weight is 310 g/mol. The topological polar surface area (TPSA) is 38.3 Å². The highest BCUT2D eigenvalue weighted by atomic mass is 35.5. The molecule has 0 saturated carbocycles. The number of anilines is 1. The summed E-state index contributed by atoms with van der Waals surface area (Å²) in [4.78, 5) is 11.9. The predicted octanol–water partition coefficient (Wildman–Crippen LogP) is 4.74. The van der Waals surface area contributed by atoms with Crippen molar-refractivity contribution in [3.63, 3.8) is 0 Å². The number of rotatable bonds is 9. The van der Waals surface area contributed by atoms with Gasteiger partial charge in [0.15, 0.2) is 0 Å². The first-order chi connectivity index (χ1) is 10.1. The number of carbonyl (C=O) groups excluding carboxylic acids is 1. The quantitative estimate of drug-likeness (QED) is 0.407. The Morgan fingerprint density at radius 2 is 2.14 bits per heavy atom. The van der Waals surface area contributed by atoms with E-state index in [0.717, 1.165) is 43.4 Å². The molecular weight excluding hydrogens is 286 g/mol. The van der Waals surface area contributed by atoms with Crippen LogP contribution in [0.4, 0.5) is 5.69 Å². The van der Waals surface area contributed by atoms with Gasteiger partial charge in [-0.05, 0) is 49.9 Å². The third kappa shape index (κ3) is 6.67. The Bertz CT molecular complexity index is 454. The zero-order valence-corrected chi connectivity index (χ0v) is 13.6. The van der Waals surface area contributed by atoms with Gasteiger partial charge in [-0.3, -0.25) is 0 Å². The van der Waals surface area contributed by atoms with Crippen LogP contribution in [-0.2, 0) is 9.53 Å². The smallest absolute Gasteiger partial charge is 0.328 e. The lowest BCUT2D eigenvalue weighted by atomic mass is 10.1. The van der Waals surface area contributed by atoms with E-state index >= 15 is 0 Å². The molecule has 0 aliphatic heterocycles. The molecule has 1 rings (SSSR count). The summed E-state index contributed by atoms with van der Waals surface area (Å²) in [7, 11) is 1.41. The number of hydrogen-bond donors (Lipinski definition) is 1. The number of methoxy groups -OCH3 is 1. The van der Waals surface area contributed by atoms with E-state index in [1.807, 2.05) is 31.2 Å². The SMILES string of the molecule is C=CCCCCC[C@H](Nc1cc(C)cc(Cl)c1)C(=O)OC. The number of hydrogen-bond acceptors (Lipinski definition) is 3. The number of aryl methyl sites for hydroxylation is 1. The first-order valence-electron chi connectivity index (χ1n) is 7.29. The van der Waals surface area contributed by atoms with Crippen LogP contribution in [0.25, 0.3) is 0 Å². The normalized spacial score (nSPS) is 11.8. The van der Waals surface area contributed by atoms with Gasteiger partial charge < -0.3 is 10.1 Å². The maximum Gasteiger partial charge on any atom is 0.328 e. The maximum absolute atomic E-state index is 11.9. The van der Waals surface area contributed by atoms with Crippen LogP contribution in [0.15, 0.2) is 30.9 Å². The molecule has 0 unspecified atom stereocenters. The van der Waals surface area contributed by atoms with Gasteiger partial charge in [-0.25, -0.2) is 4.79 Å². The first-order valence-corrected chi connectivity index (χ1v) is 7.67. The highest BCUT2D eigenvalue weighted by Gasteiger charge is 2.18. The van der Waals surface area contributed by atoms with Crippen LogP contribution < -0.4 is 5.32 Å². The maximum atomic E-state index is 11.9. The van der Waals surface area contributed by atoms with Crippen LogP contribution >= 0.6 is 11.6 Å². The average Bonchev–Trinajstić information content (AvgIpc) is 2.44. The molecule has 0 radical (unpaired) electrons. The highest BCUT2D eigenvalue weighted by molar-refractivity contribution is 6.30. The van der Waals surface area contributed by atoms with E-state index in [2.05, 4.69) is 11.9 Å². The summed E-state index contributed by atoms with van der Waals surface area (Å²) in [6, 6.07) is 5.34. The minimum absolute atomic E-state index is 0.239. The van der Waals surface area contributed by atoms with Gasteiger partial charge in [-0.15, -0.1) is 6.58 Å². The van der Waals surface area contributed by atoms with Crippen LogP contribution in [0.3, 0.4) is 0 Å². The summed E-state index contributed by atoms with van der Waals surface area (Å²) in [5, 5.41) is 3.88. The second-order valence-electron chi connectivity index (χ2n) is 5.16. The largest absolute Gasteiger partial charge is 0.467 e. The lowest BCUT2D eigenvalue weighted by molar-refractivity contribution is -0.141. The number of esters is 1. The molecule has 0 saturated heterocycles. The molecule has 0 fully saturated rings. The summed E-state index contributed by atoms with van der Waals surface area (Å²) in [6.45, 7) is 5.68. The molecule has 3 nitrogen and oxygen atoms in total. The highest BCUT2D eigenvalue weighted by Crippen LogP contribution is 2.20. The Balaban J connectivity index is 2.60. The summed E-state index contributed by atoms with van der Waals surface area (Å²) >= 11 is 6.04. The summed E-state index contributed by atoms with van der Waals surface area (Å²) in [5.41, 5.74) is 1.90. The van der Waals surface area contributed by atoms with E-state index < -0.39 is 0 Å². The summed E-state index contributed by atoms with van der Waals surface area (Å²) in [5.74, 6) is -0.239.